The number of nitrogens with two attached hydrogens (primary N) is 1. The van der Waals surface area contributed by atoms with Crippen LogP contribution in [0.3, 0.4) is 0 Å². The number of carboxylic acids is 1. The van der Waals surface area contributed by atoms with Crippen LogP contribution < -0.4 is 21.7 Å². The number of aliphatic hydroxyl groups is 14. The van der Waals surface area contributed by atoms with Gasteiger partial charge in [0.05, 0.1) is 45.2 Å². The van der Waals surface area contributed by atoms with Crippen molar-refractivity contribution < 1.29 is 143 Å². The van der Waals surface area contributed by atoms with E-state index in [0.717, 1.165) is 20.8 Å². The van der Waals surface area contributed by atoms with E-state index in [9.17, 15) is 95.8 Å². The first kappa shape index (κ1) is 64.7. The van der Waals surface area contributed by atoms with Crippen LogP contribution in [-0.2, 0) is 66.5 Å². The number of aliphatic hydroxyl groups excluding tert-OH is 14. The SMILES string of the molecule is CC(=O)N[C@@H]1C(O[C@H]2C(CO)O[C@@H](OC3[C@H](O)C(CO)O[C@@H](OC4[C@@H](O)C(CO)O[C@@H](OCCCCCN)[C@H]4O)[C@H]3NC(C)=O)C(O)C2O[C@@]2(C(=O)O)C[C@H](O)[C@H](NC(C)=O)C([C@H](O)[C@H](O)CO)O2)OC(CO)[C@H](O)[C@@H]1O. The predicted octanol–water partition coefficient (Wildman–Crippen LogP) is -11.1. The third-order valence-corrected chi connectivity index (χ3v) is 13.6. The molecule has 5 heterocycles. The largest absolute Gasteiger partial charge is 0.477 e. The number of carbonyl (C=O) groups is 4. The van der Waals surface area contributed by atoms with E-state index in [-0.39, 0.29) is 6.61 Å². The maximum atomic E-state index is 13.5. The first-order valence-electron chi connectivity index (χ1n) is 24.9. The molecule has 446 valence electrons. The zero-order valence-corrected chi connectivity index (χ0v) is 42.2. The quantitative estimate of drug-likeness (QED) is 0.0378. The second-order valence-electron chi connectivity index (χ2n) is 19.3. The lowest BCUT2D eigenvalue weighted by Crippen LogP contribution is -2.72. The van der Waals surface area contributed by atoms with E-state index in [0.29, 0.717) is 25.8 Å². The Kier molecular flexibility index (Phi) is 24.4. The third kappa shape index (κ3) is 15.3. The van der Waals surface area contributed by atoms with Crippen LogP contribution in [0.25, 0.3) is 0 Å². The van der Waals surface area contributed by atoms with Gasteiger partial charge in [0.15, 0.2) is 25.2 Å². The third-order valence-electron chi connectivity index (χ3n) is 13.6. The molecule has 0 bridgehead atoms. The molecule has 0 aliphatic carbocycles. The van der Waals surface area contributed by atoms with E-state index in [4.69, 9.17) is 53.1 Å². The molecule has 5 fully saturated rings. The summed E-state index contributed by atoms with van der Waals surface area (Å²) in [5, 5.41) is 171. The Morgan fingerprint density at radius 3 is 1.60 bits per heavy atom. The average Bonchev–Trinajstić information content (AvgIpc) is 3.38. The molecule has 0 spiro atoms. The summed E-state index contributed by atoms with van der Waals surface area (Å²) >= 11 is 0. The molecule has 20 N–H and O–H groups in total. The summed E-state index contributed by atoms with van der Waals surface area (Å²) in [7, 11) is 0. The van der Waals surface area contributed by atoms with Gasteiger partial charge in [-0.25, -0.2) is 4.79 Å². The highest BCUT2D eigenvalue weighted by atomic mass is 16.8. The summed E-state index contributed by atoms with van der Waals surface area (Å²) in [5.41, 5.74) is 5.56. The molecule has 0 aromatic carbocycles. The summed E-state index contributed by atoms with van der Waals surface area (Å²) < 4.78 is 59.1. The van der Waals surface area contributed by atoms with Crippen LogP contribution >= 0.6 is 0 Å². The van der Waals surface area contributed by atoms with E-state index >= 15 is 0 Å². The van der Waals surface area contributed by atoms with Gasteiger partial charge in [-0.1, -0.05) is 0 Å². The molecule has 0 saturated carbocycles. The molecule has 5 aliphatic heterocycles. The maximum absolute atomic E-state index is 13.5. The van der Waals surface area contributed by atoms with Gasteiger partial charge in [-0.15, -0.1) is 0 Å². The molecule has 0 aromatic heterocycles. The van der Waals surface area contributed by atoms with E-state index < -0.39 is 222 Å². The molecule has 0 aromatic rings. The lowest BCUT2D eigenvalue weighted by atomic mass is 9.88. The lowest BCUT2D eigenvalue weighted by Gasteiger charge is -2.52. The fraction of sp³-hybridized carbons (Fsp3) is 0.909. The average molecular weight is 1130 g/mol. The highest BCUT2D eigenvalue weighted by Crippen LogP contribution is 2.41. The minimum atomic E-state index is -3.33. The first-order valence-corrected chi connectivity index (χ1v) is 24.9. The number of aliphatic carboxylic acids is 1. The van der Waals surface area contributed by atoms with E-state index in [1.807, 2.05) is 0 Å². The van der Waals surface area contributed by atoms with Gasteiger partial charge in [0.2, 0.25) is 17.7 Å². The number of rotatable bonds is 25. The molecule has 33 heteroatoms. The van der Waals surface area contributed by atoms with E-state index in [1.165, 1.54) is 0 Å². The summed E-state index contributed by atoms with van der Waals surface area (Å²) in [6, 6.07) is -5.32. The number of ether oxygens (including phenoxy) is 10. The molecule has 0 radical (unpaired) electrons. The summed E-state index contributed by atoms with van der Waals surface area (Å²) in [6.45, 7) is -1.86. The van der Waals surface area contributed by atoms with Gasteiger partial charge in [0, 0.05) is 33.8 Å². The van der Waals surface area contributed by atoms with Crippen LogP contribution in [0.2, 0.25) is 0 Å². The van der Waals surface area contributed by atoms with Crippen molar-refractivity contribution in [3.8, 4) is 0 Å². The van der Waals surface area contributed by atoms with Gasteiger partial charge >= 0.3 is 5.97 Å². The molecule has 3 amide bonds. The molecule has 33 nitrogen and oxygen atoms in total. The number of carboxylic acid groups (broad SMARTS) is 1. The zero-order chi connectivity index (χ0) is 57.2. The smallest absolute Gasteiger partial charge is 0.364 e. The summed E-state index contributed by atoms with van der Waals surface area (Å²) in [5.74, 6) is -8.05. The second kappa shape index (κ2) is 29.0. The van der Waals surface area contributed by atoms with E-state index in [2.05, 4.69) is 16.0 Å². The molecule has 10 unspecified atom stereocenters. The monoisotopic (exact) mass is 1120 g/mol. The topological polar surface area (TPSA) is 526 Å². The van der Waals surface area contributed by atoms with Crippen LogP contribution in [-0.4, -0.2) is 305 Å². The van der Waals surface area contributed by atoms with Crippen molar-refractivity contribution in [1.29, 1.82) is 0 Å². The van der Waals surface area contributed by atoms with Crippen LogP contribution in [0, 0.1) is 0 Å². The fourth-order valence-electron chi connectivity index (χ4n) is 9.68. The number of hydrogen-bond acceptors (Lipinski definition) is 29. The van der Waals surface area contributed by atoms with Gasteiger partial charge < -0.3 is 146 Å². The normalized spacial score (nSPS) is 42.4. The highest BCUT2D eigenvalue weighted by Gasteiger charge is 2.62. The molecule has 5 rings (SSSR count). The van der Waals surface area contributed by atoms with Crippen molar-refractivity contribution in [2.75, 3.05) is 46.2 Å². The van der Waals surface area contributed by atoms with Crippen LogP contribution in [0.5, 0.6) is 0 Å². The number of hydrogen-bond donors (Lipinski definition) is 19. The van der Waals surface area contributed by atoms with Crippen molar-refractivity contribution in [3.05, 3.63) is 0 Å². The van der Waals surface area contributed by atoms with E-state index in [1.54, 1.807) is 0 Å². The Morgan fingerprint density at radius 1 is 0.571 bits per heavy atom. The minimum Gasteiger partial charge on any atom is -0.477 e. The van der Waals surface area contributed by atoms with Gasteiger partial charge in [-0.2, -0.15) is 0 Å². The molecule has 77 heavy (non-hydrogen) atoms. The Bertz CT molecular complexity index is 1890. The molecular weight excluding hydrogens is 1050 g/mol. The maximum Gasteiger partial charge on any atom is 0.364 e. The Labute approximate surface area is 439 Å². The Hall–Kier alpha value is -3.12. The molecule has 26 atom stereocenters. The molecule has 5 saturated heterocycles. The summed E-state index contributed by atoms with van der Waals surface area (Å²) in [4.78, 5) is 51.1. The van der Waals surface area contributed by atoms with Gasteiger partial charge in [-0.3, -0.25) is 14.4 Å². The number of nitrogens with one attached hydrogen (secondary N) is 3. The highest BCUT2D eigenvalue weighted by molar-refractivity contribution is 5.77. The van der Waals surface area contributed by atoms with Crippen LogP contribution in [0.1, 0.15) is 46.5 Å². The van der Waals surface area contributed by atoms with Crippen molar-refractivity contribution in [1.82, 2.24) is 16.0 Å². The predicted molar refractivity (Wildman–Crippen MR) is 245 cm³/mol. The van der Waals surface area contributed by atoms with Crippen molar-refractivity contribution >= 4 is 23.7 Å². The zero-order valence-electron chi connectivity index (χ0n) is 42.2. The van der Waals surface area contributed by atoms with Gasteiger partial charge in [-0.05, 0) is 25.8 Å². The summed E-state index contributed by atoms with van der Waals surface area (Å²) in [6.07, 6.45) is -43.4. The van der Waals surface area contributed by atoms with Crippen molar-refractivity contribution in [2.24, 2.45) is 5.73 Å². The fourth-order valence-corrected chi connectivity index (χ4v) is 9.68. The Morgan fingerprint density at radius 2 is 1.05 bits per heavy atom. The first-order chi connectivity index (χ1) is 36.4. The lowest BCUT2D eigenvalue weighted by molar-refractivity contribution is -0.399. The van der Waals surface area contributed by atoms with Gasteiger partial charge in [0.25, 0.3) is 5.79 Å². The minimum absolute atomic E-state index is 0.0199. The van der Waals surface area contributed by atoms with Crippen LogP contribution in [0.15, 0.2) is 0 Å². The standard InChI is InChI=1S/C44H76N4O29/c1-15(54)46-24-18(57)9-44(43(66)67,76-36(24)27(59)19(58)10-49)77-38-33(65)42(72-23(14-53)34(38)73-39-25(47-16(2)55)31(63)28(60)20(11-50)69-39)74-35-26(48-17(3)56)40(70-21(12-51)29(35)61)75-37-30(62)22(13-52)71-41(32(37)64)68-8-6-4-5-7-45/h18-42,49-53,57-65H,4-14,45H2,1-3H3,(H,46,54)(H,47,55)(H,48,56)(H,66,67)/t18-,19+,20?,21?,22?,23?,24-,25-,26-,27+,28-,29+,30-,31+,32-,33?,34-,35?,36?,37?,38?,39?,40-,41+,42-,44+/m0/s1. The molecule has 5 aliphatic rings. The second-order valence-corrected chi connectivity index (χ2v) is 19.3. The number of unbranched alkanes of at least 4 members (excludes halogenated alkanes) is 2. The number of carbonyl (C=O) groups excluding carboxylic acids is 3. The van der Waals surface area contributed by atoms with Gasteiger partial charge in [0.1, 0.15) is 116 Å². The van der Waals surface area contributed by atoms with Crippen LogP contribution in [0.4, 0.5) is 0 Å². The van der Waals surface area contributed by atoms with Crippen molar-refractivity contribution in [3.63, 3.8) is 0 Å². The Balaban J connectivity index is 1.59. The number of amides is 3. The molecular formula is C44H76N4O29. The van der Waals surface area contributed by atoms with Crippen molar-refractivity contribution in [2.45, 2.75) is 205 Å².